The van der Waals surface area contributed by atoms with Crippen molar-refractivity contribution in [3.05, 3.63) is 29.3 Å². The summed E-state index contributed by atoms with van der Waals surface area (Å²) in [5.41, 5.74) is 9.42. The predicted molar refractivity (Wildman–Crippen MR) is 78.4 cm³/mol. The van der Waals surface area contributed by atoms with Crippen LogP contribution < -0.4 is 16.0 Å². The Balaban J connectivity index is 2.40. The summed E-state index contributed by atoms with van der Waals surface area (Å²) in [7, 11) is 0. The number of carbonyl (C=O) groups excluding carboxylic acids is 1. The van der Waals surface area contributed by atoms with Crippen molar-refractivity contribution in [2.45, 2.75) is 32.7 Å². The number of hydrogen-bond donors (Lipinski definition) is 2. The van der Waals surface area contributed by atoms with Crippen LogP contribution in [0.1, 0.15) is 24.5 Å². The number of carbonyl (C=O) groups is 1. The summed E-state index contributed by atoms with van der Waals surface area (Å²) in [5.74, 6) is 0.0991. The number of benzene rings is 1. The number of aryl methyl sites for hydroxylation is 2. The number of para-hydroxylation sites is 1. The molecule has 1 amide bonds. The molecule has 2 rings (SSSR count). The van der Waals surface area contributed by atoms with Gasteiger partial charge in [-0.05, 0) is 37.4 Å². The number of rotatable bonds is 4. The molecule has 1 aliphatic rings. The second-order valence-corrected chi connectivity index (χ2v) is 5.01. The van der Waals surface area contributed by atoms with Crippen LogP contribution in [-0.4, -0.2) is 31.6 Å². The van der Waals surface area contributed by atoms with E-state index in [1.54, 1.807) is 0 Å². The van der Waals surface area contributed by atoms with Crippen molar-refractivity contribution < 1.29 is 4.79 Å². The van der Waals surface area contributed by atoms with Crippen LogP contribution in [0.5, 0.6) is 0 Å². The van der Waals surface area contributed by atoms with Gasteiger partial charge in [0.1, 0.15) is 6.04 Å². The van der Waals surface area contributed by atoms with Gasteiger partial charge < -0.3 is 16.0 Å². The molecule has 0 radical (unpaired) electrons. The van der Waals surface area contributed by atoms with Gasteiger partial charge in [0.25, 0.3) is 0 Å². The standard InChI is InChI=1S/C15H23N3O/c1-3-12-6-4-5-11(2)14(12)18-10-9-17-15(19)13(18)7-8-16/h4-6,13H,3,7-10,16H2,1-2H3,(H,17,19). The molecule has 4 heteroatoms. The smallest absolute Gasteiger partial charge is 0.242 e. The third kappa shape index (κ3) is 2.73. The summed E-state index contributed by atoms with van der Waals surface area (Å²) in [6.07, 6.45) is 1.67. The third-order valence-corrected chi connectivity index (χ3v) is 3.76. The van der Waals surface area contributed by atoms with Gasteiger partial charge in [0.05, 0.1) is 0 Å². The van der Waals surface area contributed by atoms with E-state index in [9.17, 15) is 4.79 Å². The van der Waals surface area contributed by atoms with Crippen molar-refractivity contribution in [3.8, 4) is 0 Å². The first-order valence-corrected chi connectivity index (χ1v) is 7.02. The zero-order valence-corrected chi connectivity index (χ0v) is 11.8. The van der Waals surface area contributed by atoms with Crippen LogP contribution in [0.15, 0.2) is 18.2 Å². The molecule has 1 aliphatic heterocycles. The molecule has 1 fully saturated rings. The summed E-state index contributed by atoms with van der Waals surface area (Å²) >= 11 is 0. The van der Waals surface area contributed by atoms with Crippen LogP contribution in [0.2, 0.25) is 0 Å². The highest BCUT2D eigenvalue weighted by Gasteiger charge is 2.30. The minimum atomic E-state index is -0.134. The Bertz CT molecular complexity index is 459. The number of amides is 1. The molecule has 1 atom stereocenters. The topological polar surface area (TPSA) is 58.4 Å². The van der Waals surface area contributed by atoms with Crippen LogP contribution in [0, 0.1) is 6.92 Å². The predicted octanol–water partition coefficient (Wildman–Crippen LogP) is 1.21. The highest BCUT2D eigenvalue weighted by molar-refractivity contribution is 5.87. The van der Waals surface area contributed by atoms with Gasteiger partial charge >= 0.3 is 0 Å². The maximum atomic E-state index is 12.1. The average molecular weight is 261 g/mol. The molecule has 104 valence electrons. The quantitative estimate of drug-likeness (QED) is 0.856. The number of hydrogen-bond acceptors (Lipinski definition) is 3. The summed E-state index contributed by atoms with van der Waals surface area (Å²) in [5, 5.41) is 2.94. The molecular formula is C15H23N3O. The molecule has 1 heterocycles. The van der Waals surface area contributed by atoms with Crippen LogP contribution in [0.4, 0.5) is 5.69 Å². The Morgan fingerprint density at radius 3 is 2.95 bits per heavy atom. The molecule has 1 unspecified atom stereocenters. The summed E-state index contributed by atoms with van der Waals surface area (Å²) in [6, 6.07) is 6.21. The molecule has 0 spiro atoms. The van der Waals surface area contributed by atoms with E-state index in [-0.39, 0.29) is 11.9 Å². The van der Waals surface area contributed by atoms with Gasteiger partial charge in [-0.25, -0.2) is 0 Å². The van der Waals surface area contributed by atoms with Gasteiger partial charge in [-0.3, -0.25) is 4.79 Å². The van der Waals surface area contributed by atoms with E-state index in [0.717, 1.165) is 13.0 Å². The maximum Gasteiger partial charge on any atom is 0.242 e. The molecular weight excluding hydrogens is 238 g/mol. The van der Waals surface area contributed by atoms with Crippen LogP contribution in [0.3, 0.4) is 0 Å². The molecule has 1 aromatic carbocycles. The van der Waals surface area contributed by atoms with E-state index >= 15 is 0 Å². The van der Waals surface area contributed by atoms with E-state index in [2.05, 4.69) is 42.3 Å². The second-order valence-electron chi connectivity index (χ2n) is 5.01. The van der Waals surface area contributed by atoms with Gasteiger partial charge in [-0.2, -0.15) is 0 Å². The lowest BCUT2D eigenvalue weighted by Gasteiger charge is -2.38. The third-order valence-electron chi connectivity index (χ3n) is 3.76. The van der Waals surface area contributed by atoms with E-state index < -0.39 is 0 Å². The summed E-state index contributed by atoms with van der Waals surface area (Å²) in [6.45, 7) is 6.36. The van der Waals surface area contributed by atoms with Gasteiger partial charge in [-0.15, -0.1) is 0 Å². The first-order valence-electron chi connectivity index (χ1n) is 7.02. The Hall–Kier alpha value is -1.55. The fourth-order valence-electron chi connectivity index (χ4n) is 2.84. The number of nitrogens with one attached hydrogen (secondary N) is 1. The van der Waals surface area contributed by atoms with Crippen molar-refractivity contribution in [2.75, 3.05) is 24.5 Å². The lowest BCUT2D eigenvalue weighted by atomic mass is 10.0. The van der Waals surface area contributed by atoms with Crippen LogP contribution >= 0.6 is 0 Å². The lowest BCUT2D eigenvalue weighted by Crippen LogP contribution is -2.56. The van der Waals surface area contributed by atoms with Gasteiger partial charge in [0.2, 0.25) is 5.91 Å². The Morgan fingerprint density at radius 2 is 2.26 bits per heavy atom. The van der Waals surface area contributed by atoms with Crippen LogP contribution in [0.25, 0.3) is 0 Å². The van der Waals surface area contributed by atoms with Crippen molar-refractivity contribution in [2.24, 2.45) is 5.73 Å². The highest BCUT2D eigenvalue weighted by Crippen LogP contribution is 2.29. The summed E-state index contributed by atoms with van der Waals surface area (Å²) < 4.78 is 0. The molecule has 19 heavy (non-hydrogen) atoms. The normalized spacial score (nSPS) is 19.4. The fourth-order valence-corrected chi connectivity index (χ4v) is 2.84. The Labute approximate surface area is 115 Å². The largest absolute Gasteiger partial charge is 0.357 e. The lowest BCUT2D eigenvalue weighted by molar-refractivity contribution is -0.123. The fraction of sp³-hybridized carbons (Fsp3) is 0.533. The van der Waals surface area contributed by atoms with E-state index in [0.29, 0.717) is 19.5 Å². The zero-order valence-electron chi connectivity index (χ0n) is 11.8. The highest BCUT2D eigenvalue weighted by atomic mass is 16.2. The van der Waals surface area contributed by atoms with E-state index in [1.807, 2.05) is 0 Å². The van der Waals surface area contributed by atoms with Crippen molar-refractivity contribution in [1.82, 2.24) is 5.32 Å². The molecule has 0 bridgehead atoms. The van der Waals surface area contributed by atoms with E-state index in [1.165, 1.54) is 16.8 Å². The molecule has 4 nitrogen and oxygen atoms in total. The molecule has 0 aliphatic carbocycles. The minimum absolute atomic E-state index is 0.0991. The van der Waals surface area contributed by atoms with Crippen molar-refractivity contribution in [1.29, 1.82) is 0 Å². The number of piperazine rings is 1. The monoisotopic (exact) mass is 261 g/mol. The molecule has 1 aromatic rings. The number of nitrogens with zero attached hydrogens (tertiary/aromatic N) is 1. The van der Waals surface area contributed by atoms with Crippen molar-refractivity contribution in [3.63, 3.8) is 0 Å². The van der Waals surface area contributed by atoms with Gasteiger partial charge in [-0.1, -0.05) is 25.1 Å². The minimum Gasteiger partial charge on any atom is -0.357 e. The van der Waals surface area contributed by atoms with Gasteiger partial charge in [0.15, 0.2) is 0 Å². The SMILES string of the molecule is CCc1cccc(C)c1N1CCNC(=O)C1CCN. The zero-order chi connectivity index (χ0) is 13.8. The molecule has 0 saturated carbocycles. The Kier molecular flexibility index (Phi) is 4.43. The first-order chi connectivity index (χ1) is 9.19. The first kappa shape index (κ1) is 13.9. The van der Waals surface area contributed by atoms with Gasteiger partial charge in [0, 0.05) is 18.8 Å². The average Bonchev–Trinajstić information content (AvgIpc) is 2.41. The molecule has 0 aromatic heterocycles. The van der Waals surface area contributed by atoms with E-state index in [4.69, 9.17) is 5.73 Å². The Morgan fingerprint density at radius 1 is 1.47 bits per heavy atom. The summed E-state index contributed by atoms with van der Waals surface area (Å²) in [4.78, 5) is 14.3. The second kappa shape index (κ2) is 6.06. The molecule has 1 saturated heterocycles. The van der Waals surface area contributed by atoms with Crippen molar-refractivity contribution >= 4 is 11.6 Å². The molecule has 3 N–H and O–H groups in total. The van der Waals surface area contributed by atoms with Crippen LogP contribution in [-0.2, 0) is 11.2 Å². The maximum absolute atomic E-state index is 12.1. The number of nitrogens with two attached hydrogens (primary N) is 1. The number of anilines is 1.